The van der Waals surface area contributed by atoms with Gasteiger partial charge >= 0.3 is 0 Å². The number of hydrogen-bond acceptors (Lipinski definition) is 3. The molecule has 0 unspecified atom stereocenters. The molecule has 3 N–H and O–H groups in total. The number of nitrogens with two attached hydrogens (primary N) is 1. The first-order valence-electron chi connectivity index (χ1n) is 4.02. The summed E-state index contributed by atoms with van der Waals surface area (Å²) in [4.78, 5) is 5.21. The molecule has 0 amide bonds. The zero-order valence-corrected chi connectivity index (χ0v) is 8.16. The maximum Gasteiger partial charge on any atom is 0.135 e. The van der Waals surface area contributed by atoms with E-state index in [1.807, 2.05) is 6.92 Å². The number of rotatable bonds is 3. The molecule has 0 aliphatic carbocycles. The number of thiazole rings is 1. The van der Waals surface area contributed by atoms with Crippen molar-refractivity contribution in [2.24, 2.45) is 5.73 Å². The van der Waals surface area contributed by atoms with Crippen LogP contribution in [0.2, 0.25) is 0 Å². The van der Waals surface area contributed by atoms with Gasteiger partial charge in [-0.2, -0.15) is 0 Å². The van der Waals surface area contributed by atoms with Crippen LogP contribution in [0.3, 0.4) is 0 Å². The largest absolute Gasteiger partial charge is 0.383 e. The molecule has 0 spiro atoms. The third kappa shape index (κ3) is 1.64. The summed E-state index contributed by atoms with van der Waals surface area (Å²) in [5.41, 5.74) is 6.37. The fourth-order valence-electron chi connectivity index (χ4n) is 1.00. The number of aryl methyl sites for hydroxylation is 2. The Kier molecular flexibility index (Phi) is 2.81. The molecule has 0 radical (unpaired) electrons. The Balaban J connectivity index is 3.08. The van der Waals surface area contributed by atoms with Gasteiger partial charge in [0.05, 0.1) is 15.6 Å². The Morgan fingerprint density at radius 2 is 2.17 bits per heavy atom. The second-order valence-corrected chi connectivity index (χ2v) is 3.59. The molecule has 0 aliphatic heterocycles. The molecule has 3 nitrogen and oxygen atoms in total. The zero-order chi connectivity index (χ0) is 9.14. The van der Waals surface area contributed by atoms with Gasteiger partial charge in [-0.05, 0) is 12.8 Å². The van der Waals surface area contributed by atoms with E-state index in [-0.39, 0.29) is 5.84 Å². The summed E-state index contributed by atoms with van der Waals surface area (Å²) >= 11 is 1.53. The van der Waals surface area contributed by atoms with Crippen LogP contribution in [0.5, 0.6) is 0 Å². The lowest BCUT2D eigenvalue weighted by Gasteiger charge is -1.93. The summed E-state index contributed by atoms with van der Waals surface area (Å²) in [6.07, 6.45) is 1.77. The van der Waals surface area contributed by atoms with Crippen molar-refractivity contribution >= 4 is 17.2 Å². The van der Waals surface area contributed by atoms with E-state index in [2.05, 4.69) is 11.9 Å². The minimum atomic E-state index is 0.143. The van der Waals surface area contributed by atoms with E-state index in [1.165, 1.54) is 11.3 Å². The molecule has 12 heavy (non-hydrogen) atoms. The van der Waals surface area contributed by atoms with Gasteiger partial charge in [-0.15, -0.1) is 11.3 Å². The van der Waals surface area contributed by atoms with Gasteiger partial charge in [-0.3, -0.25) is 5.41 Å². The lowest BCUT2D eigenvalue weighted by molar-refractivity contribution is 0.999. The molecule has 1 rings (SSSR count). The third-order valence-corrected chi connectivity index (χ3v) is 2.90. The van der Waals surface area contributed by atoms with Gasteiger partial charge in [0.15, 0.2) is 0 Å². The molecule has 66 valence electrons. The first-order valence-corrected chi connectivity index (χ1v) is 4.83. The molecule has 0 saturated carbocycles. The molecule has 0 bridgehead atoms. The molecule has 0 saturated heterocycles. The van der Waals surface area contributed by atoms with Gasteiger partial charge in [-0.1, -0.05) is 13.8 Å². The number of nitrogens with zero attached hydrogens (tertiary/aromatic N) is 1. The maximum atomic E-state index is 7.32. The summed E-state index contributed by atoms with van der Waals surface area (Å²) in [6.45, 7) is 4.09. The van der Waals surface area contributed by atoms with Crippen LogP contribution in [-0.2, 0) is 12.8 Å². The van der Waals surface area contributed by atoms with Crippen LogP contribution in [0, 0.1) is 5.41 Å². The predicted molar refractivity (Wildman–Crippen MR) is 51.9 cm³/mol. The van der Waals surface area contributed by atoms with E-state index < -0.39 is 0 Å². The smallest absolute Gasteiger partial charge is 0.135 e. The molecule has 0 aliphatic rings. The van der Waals surface area contributed by atoms with E-state index in [9.17, 15) is 0 Å². The van der Waals surface area contributed by atoms with Crippen LogP contribution >= 0.6 is 11.3 Å². The summed E-state index contributed by atoms with van der Waals surface area (Å²) in [6, 6.07) is 0. The monoisotopic (exact) mass is 183 g/mol. The summed E-state index contributed by atoms with van der Waals surface area (Å²) in [5.74, 6) is 0.143. The van der Waals surface area contributed by atoms with E-state index >= 15 is 0 Å². The number of nitrogen functional groups attached to an aromatic ring is 1. The molecule has 1 aromatic heterocycles. The maximum absolute atomic E-state index is 7.32. The summed E-state index contributed by atoms with van der Waals surface area (Å²) < 4.78 is 0. The number of amidine groups is 1. The topological polar surface area (TPSA) is 62.8 Å². The van der Waals surface area contributed by atoms with E-state index in [0.29, 0.717) is 0 Å². The number of hydrogen-bond donors (Lipinski definition) is 2. The Labute approximate surface area is 76.1 Å². The number of aromatic nitrogens is 1. The minimum Gasteiger partial charge on any atom is -0.383 e. The molecule has 0 fully saturated rings. The van der Waals surface area contributed by atoms with E-state index in [0.717, 1.165) is 28.4 Å². The zero-order valence-electron chi connectivity index (χ0n) is 7.35. The van der Waals surface area contributed by atoms with E-state index in [4.69, 9.17) is 11.1 Å². The van der Waals surface area contributed by atoms with Crippen molar-refractivity contribution in [3.8, 4) is 0 Å². The second-order valence-electron chi connectivity index (χ2n) is 2.50. The lowest BCUT2D eigenvalue weighted by atomic mass is 10.3. The molecule has 1 aromatic rings. The van der Waals surface area contributed by atoms with Crippen molar-refractivity contribution in [1.29, 1.82) is 5.41 Å². The third-order valence-electron chi connectivity index (χ3n) is 1.62. The Morgan fingerprint density at radius 1 is 1.50 bits per heavy atom. The second kappa shape index (κ2) is 3.67. The van der Waals surface area contributed by atoms with Crippen LogP contribution in [0.25, 0.3) is 0 Å². The standard InChI is InChI=1S/C8H13N3S/c1-3-5-7(8(9)10)12-6(4-2)11-5/h3-4H2,1-2H3,(H3,9,10). The first-order chi connectivity index (χ1) is 5.69. The van der Waals surface area contributed by atoms with Crippen molar-refractivity contribution in [1.82, 2.24) is 4.98 Å². The fraction of sp³-hybridized carbons (Fsp3) is 0.500. The Hall–Kier alpha value is -0.900. The van der Waals surface area contributed by atoms with Gasteiger partial charge < -0.3 is 5.73 Å². The van der Waals surface area contributed by atoms with Gasteiger partial charge in [0.1, 0.15) is 5.84 Å². The molecular weight excluding hydrogens is 170 g/mol. The van der Waals surface area contributed by atoms with Gasteiger partial charge in [0.25, 0.3) is 0 Å². The van der Waals surface area contributed by atoms with E-state index in [1.54, 1.807) is 0 Å². The molecule has 0 atom stereocenters. The highest BCUT2D eigenvalue weighted by molar-refractivity contribution is 7.13. The minimum absolute atomic E-state index is 0.143. The highest BCUT2D eigenvalue weighted by atomic mass is 32.1. The van der Waals surface area contributed by atoms with Gasteiger partial charge in [-0.25, -0.2) is 4.98 Å². The predicted octanol–water partition coefficient (Wildman–Crippen LogP) is 1.55. The average Bonchev–Trinajstić information content (AvgIpc) is 2.47. The molecule has 1 heterocycles. The highest BCUT2D eigenvalue weighted by Crippen LogP contribution is 2.18. The SMILES string of the molecule is CCc1nc(CC)c(C(=N)N)s1. The first kappa shape index (κ1) is 9.19. The van der Waals surface area contributed by atoms with Crippen molar-refractivity contribution in [2.45, 2.75) is 26.7 Å². The summed E-state index contributed by atoms with van der Waals surface area (Å²) in [7, 11) is 0. The summed E-state index contributed by atoms with van der Waals surface area (Å²) in [5, 5.41) is 8.38. The van der Waals surface area contributed by atoms with Crippen LogP contribution in [0.4, 0.5) is 0 Å². The molecular formula is C8H13N3S. The van der Waals surface area contributed by atoms with Gasteiger partial charge in [0, 0.05) is 0 Å². The fourth-order valence-corrected chi connectivity index (χ4v) is 1.96. The van der Waals surface area contributed by atoms with Crippen LogP contribution < -0.4 is 5.73 Å². The van der Waals surface area contributed by atoms with Crippen molar-refractivity contribution < 1.29 is 0 Å². The van der Waals surface area contributed by atoms with Gasteiger partial charge in [0.2, 0.25) is 0 Å². The highest BCUT2D eigenvalue weighted by Gasteiger charge is 2.10. The van der Waals surface area contributed by atoms with Crippen LogP contribution in [0.1, 0.15) is 29.4 Å². The van der Waals surface area contributed by atoms with Crippen molar-refractivity contribution in [3.63, 3.8) is 0 Å². The quantitative estimate of drug-likeness (QED) is 0.551. The normalized spacial score (nSPS) is 10.2. The van der Waals surface area contributed by atoms with Crippen LogP contribution in [0.15, 0.2) is 0 Å². The Bertz CT molecular complexity index is 290. The van der Waals surface area contributed by atoms with Crippen molar-refractivity contribution in [2.75, 3.05) is 0 Å². The molecule has 0 aromatic carbocycles. The average molecular weight is 183 g/mol. The number of nitrogens with one attached hydrogen (secondary N) is 1. The van der Waals surface area contributed by atoms with Crippen LogP contribution in [-0.4, -0.2) is 10.8 Å². The molecule has 4 heteroatoms. The van der Waals surface area contributed by atoms with Crippen molar-refractivity contribution in [3.05, 3.63) is 15.6 Å². The lowest BCUT2D eigenvalue weighted by Crippen LogP contribution is -2.11. The Morgan fingerprint density at radius 3 is 2.50 bits per heavy atom.